The van der Waals surface area contributed by atoms with Crippen molar-refractivity contribution >= 4 is 11.8 Å². The van der Waals surface area contributed by atoms with Crippen LogP contribution in [0.4, 0.5) is 0 Å². The van der Waals surface area contributed by atoms with Gasteiger partial charge in [-0.05, 0) is 38.0 Å². The predicted molar refractivity (Wildman–Crippen MR) is 114 cm³/mol. The third kappa shape index (κ3) is 4.41. The monoisotopic (exact) mass is 416 g/mol. The van der Waals surface area contributed by atoms with Crippen molar-refractivity contribution in [2.45, 2.75) is 83.3 Å². The zero-order chi connectivity index (χ0) is 21.1. The summed E-state index contributed by atoms with van der Waals surface area (Å²) in [6.45, 7) is 4.65. The van der Waals surface area contributed by atoms with Crippen molar-refractivity contribution in [1.29, 1.82) is 0 Å². The molecule has 7 nitrogen and oxygen atoms in total. The Hall–Kier alpha value is -1.89. The van der Waals surface area contributed by atoms with E-state index < -0.39 is 0 Å². The van der Waals surface area contributed by atoms with Crippen molar-refractivity contribution in [2.24, 2.45) is 13.0 Å². The van der Waals surface area contributed by atoms with Gasteiger partial charge in [-0.15, -0.1) is 0 Å². The highest BCUT2D eigenvalue weighted by atomic mass is 16.5. The van der Waals surface area contributed by atoms with Crippen LogP contribution in [0.15, 0.2) is 0 Å². The summed E-state index contributed by atoms with van der Waals surface area (Å²) in [6, 6.07) is 0. The molecule has 7 heteroatoms. The fourth-order valence-corrected chi connectivity index (χ4v) is 5.31. The molecule has 1 aromatic rings. The van der Waals surface area contributed by atoms with Crippen LogP contribution in [-0.4, -0.2) is 51.7 Å². The maximum absolute atomic E-state index is 12.8. The Morgan fingerprint density at radius 2 is 1.93 bits per heavy atom. The Bertz CT molecular complexity index is 774. The molecule has 30 heavy (non-hydrogen) atoms. The van der Waals surface area contributed by atoms with Gasteiger partial charge in [-0.1, -0.05) is 26.2 Å². The lowest BCUT2D eigenvalue weighted by molar-refractivity contribution is -0.142. The first-order valence-electron chi connectivity index (χ1n) is 11.8. The standard InChI is InChI=1S/C23H36N4O3/c1-3-11-24-22(29)21-18-16-30-23(15-19(18)26(2)25-21)9-12-27(13-10-23)20(28)14-17-7-5-4-6-8-17/h17H,3-16H2,1-2H3,(H,24,29). The maximum Gasteiger partial charge on any atom is 0.272 e. The number of piperidine rings is 1. The molecule has 1 aliphatic carbocycles. The Morgan fingerprint density at radius 3 is 2.63 bits per heavy atom. The number of likely N-dealkylation sites (tertiary alicyclic amines) is 1. The molecule has 2 aliphatic heterocycles. The maximum atomic E-state index is 12.8. The number of aryl methyl sites for hydroxylation is 1. The first-order valence-corrected chi connectivity index (χ1v) is 11.8. The molecule has 4 rings (SSSR count). The quantitative estimate of drug-likeness (QED) is 0.801. The number of carbonyl (C=O) groups excluding carboxylic acids is 2. The molecule has 1 spiro atoms. The second-order valence-electron chi connectivity index (χ2n) is 9.39. The van der Waals surface area contributed by atoms with E-state index in [0.29, 0.717) is 30.7 Å². The summed E-state index contributed by atoms with van der Waals surface area (Å²) >= 11 is 0. The van der Waals surface area contributed by atoms with Crippen LogP contribution in [0, 0.1) is 5.92 Å². The fourth-order valence-electron chi connectivity index (χ4n) is 5.31. The van der Waals surface area contributed by atoms with Gasteiger partial charge in [0.2, 0.25) is 5.91 Å². The van der Waals surface area contributed by atoms with Crippen molar-refractivity contribution in [1.82, 2.24) is 20.0 Å². The lowest BCUT2D eigenvalue weighted by Gasteiger charge is -2.44. The second-order valence-corrected chi connectivity index (χ2v) is 9.39. The van der Waals surface area contributed by atoms with Gasteiger partial charge in [-0.3, -0.25) is 14.3 Å². The van der Waals surface area contributed by atoms with Crippen LogP contribution in [0.25, 0.3) is 0 Å². The summed E-state index contributed by atoms with van der Waals surface area (Å²) in [5.41, 5.74) is 2.29. The lowest BCUT2D eigenvalue weighted by Crippen LogP contribution is -2.51. The van der Waals surface area contributed by atoms with E-state index in [0.717, 1.165) is 56.5 Å². The first kappa shape index (κ1) is 21.3. The predicted octanol–water partition coefficient (Wildman–Crippen LogP) is 2.96. The number of carbonyl (C=O) groups is 2. The van der Waals surface area contributed by atoms with Crippen molar-refractivity contribution in [3.63, 3.8) is 0 Å². The van der Waals surface area contributed by atoms with Gasteiger partial charge in [0.25, 0.3) is 5.91 Å². The highest BCUT2D eigenvalue weighted by Crippen LogP contribution is 2.37. The van der Waals surface area contributed by atoms with E-state index in [9.17, 15) is 9.59 Å². The Morgan fingerprint density at radius 1 is 1.20 bits per heavy atom. The minimum Gasteiger partial charge on any atom is -0.370 e. The topological polar surface area (TPSA) is 76.5 Å². The minimum atomic E-state index is -0.237. The fraction of sp³-hybridized carbons (Fsp3) is 0.783. The van der Waals surface area contributed by atoms with Crippen LogP contribution in [-0.2, 0) is 29.6 Å². The summed E-state index contributed by atoms with van der Waals surface area (Å²) in [6.07, 6.45) is 10.4. The summed E-state index contributed by atoms with van der Waals surface area (Å²) in [5.74, 6) is 0.794. The molecule has 3 aliphatic rings. The zero-order valence-electron chi connectivity index (χ0n) is 18.5. The number of hydrogen-bond acceptors (Lipinski definition) is 4. The van der Waals surface area contributed by atoms with Gasteiger partial charge in [0.1, 0.15) is 0 Å². The first-order chi connectivity index (χ1) is 14.5. The number of rotatable bonds is 5. The van der Waals surface area contributed by atoms with Crippen LogP contribution < -0.4 is 5.32 Å². The molecule has 166 valence electrons. The highest BCUT2D eigenvalue weighted by Gasteiger charge is 2.42. The number of ether oxygens (including phenoxy) is 1. The average Bonchev–Trinajstić information content (AvgIpc) is 3.09. The molecular weight excluding hydrogens is 380 g/mol. The zero-order valence-corrected chi connectivity index (χ0v) is 18.5. The van der Waals surface area contributed by atoms with Gasteiger partial charge < -0.3 is 15.0 Å². The van der Waals surface area contributed by atoms with E-state index >= 15 is 0 Å². The molecule has 0 bridgehead atoms. The summed E-state index contributed by atoms with van der Waals surface area (Å²) in [4.78, 5) is 27.3. The third-order valence-electron chi connectivity index (χ3n) is 7.25. The Balaban J connectivity index is 1.36. The van der Waals surface area contributed by atoms with Crippen LogP contribution >= 0.6 is 0 Å². The van der Waals surface area contributed by atoms with Gasteiger partial charge in [0, 0.05) is 50.8 Å². The number of nitrogens with one attached hydrogen (secondary N) is 1. The molecule has 1 N–H and O–H groups in total. The smallest absolute Gasteiger partial charge is 0.272 e. The number of aromatic nitrogens is 2. The van der Waals surface area contributed by atoms with Crippen LogP contribution in [0.1, 0.15) is 86.5 Å². The number of amides is 2. The Kier molecular flexibility index (Phi) is 6.46. The molecule has 1 saturated heterocycles. The molecule has 0 unspecified atom stereocenters. The van der Waals surface area contributed by atoms with Crippen LogP contribution in [0.2, 0.25) is 0 Å². The van der Waals surface area contributed by atoms with E-state index in [1.54, 1.807) is 0 Å². The van der Waals surface area contributed by atoms with Crippen molar-refractivity contribution in [2.75, 3.05) is 19.6 Å². The summed E-state index contributed by atoms with van der Waals surface area (Å²) in [5, 5.41) is 7.41. The molecule has 0 radical (unpaired) electrons. The van der Waals surface area contributed by atoms with E-state index in [1.165, 1.54) is 32.1 Å². The SMILES string of the molecule is CCCNC(=O)c1nn(C)c2c1COC1(CCN(C(=O)CC3CCCCC3)CC1)C2. The largest absolute Gasteiger partial charge is 0.370 e. The average molecular weight is 417 g/mol. The molecule has 0 aromatic carbocycles. The normalized spacial score (nSPS) is 21.5. The second kappa shape index (κ2) is 9.08. The van der Waals surface area contributed by atoms with Gasteiger partial charge in [0.15, 0.2) is 5.69 Å². The third-order valence-corrected chi connectivity index (χ3v) is 7.25. The molecule has 1 saturated carbocycles. The number of hydrogen-bond donors (Lipinski definition) is 1. The molecule has 2 fully saturated rings. The summed E-state index contributed by atoms with van der Waals surface area (Å²) in [7, 11) is 1.91. The minimum absolute atomic E-state index is 0.114. The molecule has 0 atom stereocenters. The van der Waals surface area contributed by atoms with Gasteiger partial charge >= 0.3 is 0 Å². The summed E-state index contributed by atoms with van der Waals surface area (Å²) < 4.78 is 8.20. The van der Waals surface area contributed by atoms with E-state index in [2.05, 4.69) is 10.4 Å². The highest BCUT2D eigenvalue weighted by molar-refractivity contribution is 5.94. The molecule has 1 aromatic heterocycles. The van der Waals surface area contributed by atoms with Crippen molar-refractivity contribution in [3.8, 4) is 0 Å². The van der Waals surface area contributed by atoms with Gasteiger partial charge in [-0.2, -0.15) is 5.10 Å². The van der Waals surface area contributed by atoms with E-state index in [-0.39, 0.29) is 11.5 Å². The number of nitrogens with zero attached hydrogens (tertiary/aromatic N) is 3. The molecular formula is C23H36N4O3. The van der Waals surface area contributed by atoms with E-state index in [4.69, 9.17) is 4.74 Å². The van der Waals surface area contributed by atoms with Gasteiger partial charge in [-0.25, -0.2) is 0 Å². The van der Waals surface area contributed by atoms with Crippen LogP contribution in [0.3, 0.4) is 0 Å². The van der Waals surface area contributed by atoms with Crippen molar-refractivity contribution < 1.29 is 14.3 Å². The Labute approximate surface area is 179 Å². The molecule has 2 amide bonds. The van der Waals surface area contributed by atoms with Gasteiger partial charge in [0.05, 0.1) is 12.2 Å². The molecule has 3 heterocycles. The lowest BCUT2D eigenvalue weighted by atomic mass is 9.83. The van der Waals surface area contributed by atoms with Crippen molar-refractivity contribution in [3.05, 3.63) is 17.0 Å². The van der Waals surface area contributed by atoms with E-state index in [1.807, 2.05) is 23.6 Å². The van der Waals surface area contributed by atoms with Crippen LogP contribution in [0.5, 0.6) is 0 Å². The number of fused-ring (bicyclic) bond motifs is 1.